The summed E-state index contributed by atoms with van der Waals surface area (Å²) in [5.74, 6) is -0.358. The van der Waals surface area contributed by atoms with Gasteiger partial charge in [0.15, 0.2) is 12.4 Å². The van der Waals surface area contributed by atoms with E-state index in [4.69, 9.17) is 0 Å². The molecule has 0 amide bonds. The van der Waals surface area contributed by atoms with E-state index in [-0.39, 0.29) is 11.9 Å². The summed E-state index contributed by atoms with van der Waals surface area (Å²) in [6.45, 7) is 2.06. The van der Waals surface area contributed by atoms with Gasteiger partial charge in [-0.15, -0.1) is 0 Å². The summed E-state index contributed by atoms with van der Waals surface area (Å²) >= 11 is 0. The van der Waals surface area contributed by atoms with E-state index < -0.39 is 6.10 Å². The Morgan fingerprint density at radius 1 is 1.64 bits per heavy atom. The number of rotatable bonds is 4. The average Bonchev–Trinajstić information content (AvgIpc) is 2.00. The van der Waals surface area contributed by atoms with Crippen LogP contribution in [0.25, 0.3) is 0 Å². The van der Waals surface area contributed by atoms with Crippen molar-refractivity contribution in [1.29, 1.82) is 0 Å². The number of hydrogen-bond donors (Lipinski definition) is 0. The lowest BCUT2D eigenvalue weighted by Gasteiger charge is -2.30. The zero-order chi connectivity index (χ0) is 8.27. The lowest BCUT2D eigenvalue weighted by atomic mass is 9.92. The highest BCUT2D eigenvalue weighted by Gasteiger charge is 2.41. The molecule has 0 spiro atoms. The molecule has 2 unspecified atom stereocenters. The highest BCUT2D eigenvalue weighted by Crippen LogP contribution is 2.25. The smallest absolute Gasteiger partial charge is 0.313 e. The Morgan fingerprint density at radius 3 is 2.82 bits per heavy atom. The van der Waals surface area contributed by atoms with E-state index in [0.717, 1.165) is 19.3 Å². The second kappa shape index (κ2) is 3.51. The first-order valence-electron chi connectivity index (χ1n) is 3.95. The molecule has 1 aliphatic heterocycles. The molecule has 1 saturated heterocycles. The van der Waals surface area contributed by atoms with Crippen molar-refractivity contribution in [2.45, 2.75) is 32.3 Å². The van der Waals surface area contributed by atoms with Gasteiger partial charge >= 0.3 is 5.97 Å². The van der Waals surface area contributed by atoms with Gasteiger partial charge < -0.3 is 4.74 Å². The maximum atomic E-state index is 10.7. The third-order valence-electron chi connectivity index (χ3n) is 1.95. The fourth-order valence-corrected chi connectivity index (χ4v) is 1.19. The summed E-state index contributed by atoms with van der Waals surface area (Å²) in [4.78, 5) is 21.0. The van der Waals surface area contributed by atoms with E-state index in [9.17, 15) is 9.59 Å². The number of ether oxygens (including phenoxy) is 1. The van der Waals surface area contributed by atoms with E-state index in [1.54, 1.807) is 0 Å². The van der Waals surface area contributed by atoms with Crippen LogP contribution in [0.4, 0.5) is 0 Å². The molecule has 1 rings (SSSR count). The van der Waals surface area contributed by atoms with Crippen LogP contribution in [0.5, 0.6) is 0 Å². The number of hydrogen-bond acceptors (Lipinski definition) is 3. The number of esters is 1. The summed E-state index contributed by atoms with van der Waals surface area (Å²) in [6, 6.07) is 0. The van der Waals surface area contributed by atoms with Gasteiger partial charge in [0.2, 0.25) is 0 Å². The number of carbonyl (C=O) groups excluding carboxylic acids is 2. The number of cyclic esters (lactones) is 1. The van der Waals surface area contributed by atoms with E-state index in [2.05, 4.69) is 11.7 Å². The van der Waals surface area contributed by atoms with Crippen LogP contribution in [-0.2, 0) is 14.3 Å². The largest absolute Gasteiger partial charge is 0.453 e. The van der Waals surface area contributed by atoms with E-state index in [1.165, 1.54) is 0 Å². The molecule has 0 saturated carbocycles. The zero-order valence-electron chi connectivity index (χ0n) is 6.58. The maximum absolute atomic E-state index is 10.7. The summed E-state index contributed by atoms with van der Waals surface area (Å²) in [5, 5.41) is 0. The van der Waals surface area contributed by atoms with Crippen molar-refractivity contribution in [3.05, 3.63) is 0 Å². The predicted octanol–water partition coefficient (Wildman–Crippen LogP) is 0.917. The molecule has 0 aromatic heterocycles. The van der Waals surface area contributed by atoms with Crippen molar-refractivity contribution in [2.75, 3.05) is 0 Å². The standard InChI is InChI=1S/C8H12O3/c1-2-3-4-6-7(5-9)11-8(6)10/h5-7H,2-4H2,1H3. The summed E-state index contributed by atoms with van der Waals surface area (Å²) in [5.41, 5.74) is 0. The lowest BCUT2D eigenvalue weighted by molar-refractivity contribution is -0.184. The van der Waals surface area contributed by atoms with Crippen molar-refractivity contribution >= 4 is 12.3 Å². The van der Waals surface area contributed by atoms with Gasteiger partial charge in [-0.25, -0.2) is 0 Å². The Labute approximate surface area is 65.7 Å². The third kappa shape index (κ3) is 1.59. The first kappa shape index (κ1) is 8.24. The second-order valence-corrected chi connectivity index (χ2v) is 2.79. The van der Waals surface area contributed by atoms with E-state index in [1.807, 2.05) is 0 Å². The van der Waals surface area contributed by atoms with Crippen LogP contribution < -0.4 is 0 Å². The molecule has 0 aliphatic carbocycles. The van der Waals surface area contributed by atoms with Gasteiger partial charge in [-0.1, -0.05) is 19.8 Å². The Balaban J connectivity index is 2.30. The van der Waals surface area contributed by atoms with Gasteiger partial charge in [-0.05, 0) is 6.42 Å². The molecule has 0 bridgehead atoms. The SMILES string of the molecule is CCCCC1C(=O)OC1C=O. The van der Waals surface area contributed by atoms with Crippen molar-refractivity contribution in [3.8, 4) is 0 Å². The van der Waals surface area contributed by atoms with E-state index >= 15 is 0 Å². The van der Waals surface area contributed by atoms with Gasteiger partial charge in [-0.3, -0.25) is 9.59 Å². The van der Waals surface area contributed by atoms with Gasteiger partial charge in [0.05, 0.1) is 0 Å². The van der Waals surface area contributed by atoms with Crippen LogP contribution in [-0.4, -0.2) is 18.4 Å². The van der Waals surface area contributed by atoms with Crippen LogP contribution in [0.15, 0.2) is 0 Å². The normalized spacial score (nSPS) is 29.0. The van der Waals surface area contributed by atoms with Gasteiger partial charge in [0.1, 0.15) is 5.92 Å². The predicted molar refractivity (Wildman–Crippen MR) is 39.0 cm³/mol. The Morgan fingerprint density at radius 2 is 2.36 bits per heavy atom. The lowest BCUT2D eigenvalue weighted by Crippen LogP contribution is -2.45. The topological polar surface area (TPSA) is 43.4 Å². The highest BCUT2D eigenvalue weighted by atomic mass is 16.6. The Hall–Kier alpha value is -0.860. The molecule has 1 heterocycles. The van der Waals surface area contributed by atoms with Crippen molar-refractivity contribution in [3.63, 3.8) is 0 Å². The first-order chi connectivity index (χ1) is 5.29. The summed E-state index contributed by atoms with van der Waals surface area (Å²) in [7, 11) is 0. The molecule has 3 nitrogen and oxygen atoms in total. The number of aldehydes is 1. The van der Waals surface area contributed by atoms with Crippen LogP contribution in [0.3, 0.4) is 0 Å². The molecule has 0 N–H and O–H groups in total. The molecular weight excluding hydrogens is 144 g/mol. The molecular formula is C8H12O3. The van der Waals surface area contributed by atoms with Gasteiger partial charge in [0.25, 0.3) is 0 Å². The zero-order valence-corrected chi connectivity index (χ0v) is 6.58. The van der Waals surface area contributed by atoms with Crippen molar-refractivity contribution in [1.82, 2.24) is 0 Å². The summed E-state index contributed by atoms with van der Waals surface area (Å²) < 4.78 is 4.59. The minimum atomic E-state index is -0.450. The average molecular weight is 156 g/mol. The minimum absolute atomic E-state index is 0.146. The molecule has 62 valence electrons. The maximum Gasteiger partial charge on any atom is 0.313 e. The molecule has 0 aromatic rings. The molecule has 0 radical (unpaired) electrons. The highest BCUT2D eigenvalue weighted by molar-refractivity contribution is 5.85. The van der Waals surface area contributed by atoms with E-state index in [0.29, 0.717) is 6.29 Å². The molecule has 11 heavy (non-hydrogen) atoms. The Kier molecular flexibility index (Phi) is 2.63. The molecule has 0 aromatic carbocycles. The van der Waals surface area contributed by atoms with Crippen LogP contribution in [0.2, 0.25) is 0 Å². The van der Waals surface area contributed by atoms with Crippen molar-refractivity contribution in [2.24, 2.45) is 5.92 Å². The molecule has 2 atom stereocenters. The van der Waals surface area contributed by atoms with Gasteiger partial charge in [-0.2, -0.15) is 0 Å². The third-order valence-corrected chi connectivity index (χ3v) is 1.95. The van der Waals surface area contributed by atoms with Crippen molar-refractivity contribution < 1.29 is 14.3 Å². The second-order valence-electron chi connectivity index (χ2n) is 2.79. The fourth-order valence-electron chi connectivity index (χ4n) is 1.19. The quantitative estimate of drug-likeness (QED) is 0.449. The first-order valence-corrected chi connectivity index (χ1v) is 3.95. The fraction of sp³-hybridized carbons (Fsp3) is 0.750. The molecule has 1 fully saturated rings. The van der Waals surface area contributed by atoms with Crippen LogP contribution >= 0.6 is 0 Å². The Bertz CT molecular complexity index is 165. The summed E-state index contributed by atoms with van der Waals surface area (Å²) in [6.07, 6.45) is 3.09. The molecule has 3 heteroatoms. The molecule has 1 aliphatic rings. The van der Waals surface area contributed by atoms with Gasteiger partial charge in [0, 0.05) is 0 Å². The van der Waals surface area contributed by atoms with Crippen LogP contribution in [0.1, 0.15) is 26.2 Å². The number of unbranched alkanes of at least 4 members (excludes halogenated alkanes) is 1. The minimum Gasteiger partial charge on any atom is -0.453 e. The number of carbonyl (C=O) groups is 2. The monoisotopic (exact) mass is 156 g/mol. The van der Waals surface area contributed by atoms with Crippen LogP contribution in [0, 0.1) is 5.92 Å².